The van der Waals surface area contributed by atoms with Gasteiger partial charge in [0.1, 0.15) is 5.75 Å². The summed E-state index contributed by atoms with van der Waals surface area (Å²) < 4.78 is 5.24. The number of nitro groups is 1. The molecule has 7 nitrogen and oxygen atoms in total. The molecule has 0 aliphatic rings. The van der Waals surface area contributed by atoms with Crippen molar-refractivity contribution < 1.29 is 14.5 Å². The Morgan fingerprint density at radius 3 is 2.70 bits per heavy atom. The summed E-state index contributed by atoms with van der Waals surface area (Å²) in [7, 11) is 0. The van der Waals surface area contributed by atoms with Crippen LogP contribution in [0.4, 0.5) is 5.69 Å². The minimum absolute atomic E-state index is 0.0992. The number of ether oxygens (including phenoxy) is 1. The van der Waals surface area contributed by atoms with E-state index >= 15 is 0 Å². The van der Waals surface area contributed by atoms with E-state index in [0.29, 0.717) is 10.8 Å². The molecule has 0 saturated heterocycles. The average Bonchev–Trinajstić information content (AvgIpc) is 2.54. The molecule has 118 valence electrons. The summed E-state index contributed by atoms with van der Waals surface area (Å²) in [4.78, 5) is 21.9. The molecule has 0 saturated carbocycles. The molecule has 0 radical (unpaired) electrons. The second-order valence-electron chi connectivity index (χ2n) is 4.33. The van der Waals surface area contributed by atoms with E-state index in [9.17, 15) is 14.9 Å². The molecule has 0 bridgehead atoms. The molecule has 1 amide bonds. The molecule has 0 fully saturated rings. The molecule has 0 heterocycles. The Kier molecular flexibility index (Phi) is 5.65. The molecular formula is C15H12ClN3O4. The number of benzene rings is 2. The number of hydrazone groups is 1. The lowest BCUT2D eigenvalue weighted by Crippen LogP contribution is -2.24. The highest BCUT2D eigenvalue weighted by molar-refractivity contribution is 6.32. The van der Waals surface area contributed by atoms with Crippen LogP contribution in [-0.4, -0.2) is 23.7 Å². The van der Waals surface area contributed by atoms with Crippen LogP contribution in [0.1, 0.15) is 5.56 Å². The van der Waals surface area contributed by atoms with Gasteiger partial charge in [-0.2, -0.15) is 5.10 Å². The van der Waals surface area contributed by atoms with Crippen molar-refractivity contribution >= 4 is 29.4 Å². The van der Waals surface area contributed by atoms with Crippen molar-refractivity contribution in [2.24, 2.45) is 5.10 Å². The van der Waals surface area contributed by atoms with Crippen LogP contribution >= 0.6 is 11.6 Å². The van der Waals surface area contributed by atoms with E-state index in [1.54, 1.807) is 36.4 Å². The number of hydrogen-bond acceptors (Lipinski definition) is 5. The number of para-hydroxylation sites is 2. The summed E-state index contributed by atoms with van der Waals surface area (Å²) in [6, 6.07) is 12.8. The topological polar surface area (TPSA) is 93.8 Å². The van der Waals surface area contributed by atoms with Crippen molar-refractivity contribution in [1.82, 2.24) is 5.43 Å². The van der Waals surface area contributed by atoms with Crippen LogP contribution in [-0.2, 0) is 4.79 Å². The van der Waals surface area contributed by atoms with Crippen molar-refractivity contribution in [3.8, 4) is 5.75 Å². The van der Waals surface area contributed by atoms with Crippen molar-refractivity contribution in [3.05, 3.63) is 69.2 Å². The Morgan fingerprint density at radius 2 is 1.96 bits per heavy atom. The normalized spacial score (nSPS) is 10.5. The molecule has 8 heteroatoms. The van der Waals surface area contributed by atoms with Crippen molar-refractivity contribution in [1.29, 1.82) is 0 Å². The van der Waals surface area contributed by atoms with Gasteiger partial charge in [0.25, 0.3) is 11.6 Å². The smallest absolute Gasteiger partial charge is 0.278 e. The minimum Gasteiger partial charge on any atom is -0.482 e. The lowest BCUT2D eigenvalue weighted by Gasteiger charge is -2.06. The minimum atomic E-state index is -0.524. The van der Waals surface area contributed by atoms with E-state index in [-0.39, 0.29) is 17.9 Å². The molecule has 0 unspecified atom stereocenters. The first kappa shape index (κ1) is 16.4. The molecule has 0 spiro atoms. The largest absolute Gasteiger partial charge is 0.482 e. The maximum absolute atomic E-state index is 11.6. The van der Waals surface area contributed by atoms with E-state index in [0.717, 1.165) is 0 Å². The molecule has 0 aliphatic carbocycles. The van der Waals surface area contributed by atoms with Crippen LogP contribution in [0.3, 0.4) is 0 Å². The zero-order valence-corrected chi connectivity index (χ0v) is 12.6. The van der Waals surface area contributed by atoms with E-state index < -0.39 is 10.8 Å². The molecule has 2 aromatic carbocycles. The Morgan fingerprint density at radius 1 is 1.26 bits per heavy atom. The SMILES string of the molecule is O=C(COc1ccccc1Cl)N/N=C/c1ccccc1[N+](=O)[O-]. The predicted molar refractivity (Wildman–Crippen MR) is 85.8 cm³/mol. The van der Waals surface area contributed by atoms with Gasteiger partial charge in [0, 0.05) is 6.07 Å². The molecular weight excluding hydrogens is 322 g/mol. The van der Waals surface area contributed by atoms with Crippen molar-refractivity contribution in [2.75, 3.05) is 6.61 Å². The van der Waals surface area contributed by atoms with Gasteiger partial charge >= 0.3 is 0 Å². The fourth-order valence-electron chi connectivity index (χ4n) is 1.67. The third kappa shape index (κ3) is 4.79. The van der Waals surface area contributed by atoms with E-state index in [1.807, 2.05) is 0 Å². The Labute approximate surface area is 136 Å². The fourth-order valence-corrected chi connectivity index (χ4v) is 1.86. The number of nitrogens with one attached hydrogen (secondary N) is 1. The number of carbonyl (C=O) groups is 1. The lowest BCUT2D eigenvalue weighted by molar-refractivity contribution is -0.385. The van der Waals surface area contributed by atoms with Crippen LogP contribution < -0.4 is 10.2 Å². The molecule has 0 atom stereocenters. The van der Waals surface area contributed by atoms with Gasteiger partial charge < -0.3 is 4.74 Å². The summed E-state index contributed by atoms with van der Waals surface area (Å²) >= 11 is 5.89. The summed E-state index contributed by atoms with van der Waals surface area (Å²) in [6.07, 6.45) is 1.20. The number of carbonyl (C=O) groups excluding carboxylic acids is 1. The standard InChI is InChI=1S/C15H12ClN3O4/c16-12-6-2-4-8-14(12)23-10-15(20)18-17-9-11-5-1-3-7-13(11)19(21)22/h1-9H,10H2,(H,18,20)/b17-9+. The van der Waals surface area contributed by atoms with Crippen LogP contribution in [0.5, 0.6) is 5.75 Å². The number of hydrogen-bond donors (Lipinski definition) is 1. The maximum atomic E-state index is 11.6. The van der Waals surface area contributed by atoms with Gasteiger partial charge in [0.2, 0.25) is 0 Å². The van der Waals surface area contributed by atoms with Gasteiger partial charge in [0.15, 0.2) is 6.61 Å². The number of rotatable bonds is 6. The first-order chi connectivity index (χ1) is 11.1. The molecule has 2 rings (SSSR count). The predicted octanol–water partition coefficient (Wildman–Crippen LogP) is 2.78. The van der Waals surface area contributed by atoms with Gasteiger partial charge in [-0.15, -0.1) is 0 Å². The summed E-state index contributed by atoms with van der Waals surface area (Å²) in [6.45, 7) is -0.280. The monoisotopic (exact) mass is 333 g/mol. The van der Waals surface area contributed by atoms with Gasteiger partial charge in [0.05, 0.1) is 21.7 Å². The number of amides is 1. The molecule has 0 aliphatic heterocycles. The number of nitrogens with zero attached hydrogens (tertiary/aromatic N) is 2. The molecule has 1 N–H and O–H groups in total. The van der Waals surface area contributed by atoms with Crippen LogP contribution in [0.15, 0.2) is 53.6 Å². The van der Waals surface area contributed by atoms with Crippen molar-refractivity contribution in [2.45, 2.75) is 0 Å². The average molecular weight is 334 g/mol. The van der Waals surface area contributed by atoms with Gasteiger partial charge in [-0.1, -0.05) is 35.9 Å². The number of halogens is 1. The second kappa shape index (κ2) is 7.90. The third-order valence-electron chi connectivity index (χ3n) is 2.72. The molecule has 2 aromatic rings. The van der Waals surface area contributed by atoms with Crippen LogP contribution in [0.2, 0.25) is 5.02 Å². The zero-order chi connectivity index (χ0) is 16.7. The van der Waals surface area contributed by atoms with E-state index in [1.165, 1.54) is 18.3 Å². The summed E-state index contributed by atoms with van der Waals surface area (Å²) in [5.74, 6) is -0.133. The highest BCUT2D eigenvalue weighted by Gasteiger charge is 2.10. The molecule has 23 heavy (non-hydrogen) atoms. The zero-order valence-electron chi connectivity index (χ0n) is 11.8. The van der Waals surface area contributed by atoms with Gasteiger partial charge in [-0.3, -0.25) is 14.9 Å². The van der Waals surface area contributed by atoms with Gasteiger partial charge in [-0.25, -0.2) is 5.43 Å². The first-order valence-corrected chi connectivity index (χ1v) is 6.88. The Hall–Kier alpha value is -2.93. The second-order valence-corrected chi connectivity index (χ2v) is 4.74. The van der Waals surface area contributed by atoms with Crippen LogP contribution in [0, 0.1) is 10.1 Å². The quantitative estimate of drug-likeness (QED) is 0.499. The van der Waals surface area contributed by atoms with Gasteiger partial charge in [-0.05, 0) is 18.2 Å². The van der Waals surface area contributed by atoms with E-state index in [2.05, 4.69) is 10.5 Å². The third-order valence-corrected chi connectivity index (χ3v) is 3.03. The Bertz CT molecular complexity index is 749. The highest BCUT2D eigenvalue weighted by atomic mass is 35.5. The number of nitro benzene ring substituents is 1. The summed E-state index contributed by atoms with van der Waals surface area (Å²) in [5, 5.41) is 14.9. The van der Waals surface area contributed by atoms with Crippen molar-refractivity contribution in [3.63, 3.8) is 0 Å². The maximum Gasteiger partial charge on any atom is 0.278 e. The highest BCUT2D eigenvalue weighted by Crippen LogP contribution is 2.22. The summed E-state index contributed by atoms with van der Waals surface area (Å²) in [5.41, 5.74) is 2.41. The fraction of sp³-hybridized carbons (Fsp3) is 0.0667. The lowest BCUT2D eigenvalue weighted by atomic mass is 10.2. The van der Waals surface area contributed by atoms with E-state index in [4.69, 9.17) is 16.3 Å². The Balaban J connectivity index is 1.90. The molecule has 0 aromatic heterocycles. The van der Waals surface area contributed by atoms with Crippen LogP contribution in [0.25, 0.3) is 0 Å². The first-order valence-electron chi connectivity index (χ1n) is 6.50.